The predicted octanol–water partition coefficient (Wildman–Crippen LogP) is 2.38. The van der Waals surface area contributed by atoms with Crippen molar-refractivity contribution in [3.63, 3.8) is 0 Å². The molecule has 18 heavy (non-hydrogen) atoms. The minimum absolute atomic E-state index is 0.182. The van der Waals surface area contributed by atoms with Crippen LogP contribution in [0.15, 0.2) is 18.2 Å². The maximum Gasteiger partial charge on any atom is 0.251 e. The largest absolute Gasteiger partial charge is 0.454 e. The van der Waals surface area contributed by atoms with E-state index in [0.717, 1.165) is 0 Å². The number of carbonyl (C=O) groups is 1. The molecule has 1 aliphatic rings. The number of nitrogens with one attached hydrogen (secondary N) is 1. The van der Waals surface area contributed by atoms with Gasteiger partial charge in [0.2, 0.25) is 6.79 Å². The smallest absolute Gasteiger partial charge is 0.251 e. The number of alkyl halides is 2. The lowest BCUT2D eigenvalue weighted by Crippen LogP contribution is -2.49. The first-order valence-corrected chi connectivity index (χ1v) is 6.49. The van der Waals surface area contributed by atoms with E-state index in [-0.39, 0.29) is 24.5 Å². The van der Waals surface area contributed by atoms with Gasteiger partial charge in [0.05, 0.1) is 5.54 Å². The van der Waals surface area contributed by atoms with Crippen LogP contribution in [0.2, 0.25) is 0 Å². The SMILES string of the molecule is CC(CCl)(CCl)NC(=O)c1ccc2c(c1)OCO2. The molecule has 1 heterocycles. The molecule has 0 radical (unpaired) electrons. The molecular formula is C12H13Cl2NO3. The van der Waals surface area contributed by atoms with Crippen LogP contribution < -0.4 is 14.8 Å². The molecule has 0 bridgehead atoms. The third-order valence-electron chi connectivity index (χ3n) is 2.64. The van der Waals surface area contributed by atoms with E-state index in [4.69, 9.17) is 32.7 Å². The summed E-state index contributed by atoms with van der Waals surface area (Å²) in [5, 5.41) is 2.80. The summed E-state index contributed by atoms with van der Waals surface area (Å²) in [6, 6.07) is 5.02. The number of rotatable bonds is 4. The summed E-state index contributed by atoms with van der Waals surface area (Å²) in [7, 11) is 0. The topological polar surface area (TPSA) is 47.6 Å². The Morgan fingerprint density at radius 3 is 2.67 bits per heavy atom. The van der Waals surface area contributed by atoms with Crippen LogP contribution in [-0.4, -0.2) is 30.0 Å². The zero-order valence-corrected chi connectivity index (χ0v) is 11.3. The van der Waals surface area contributed by atoms with Gasteiger partial charge in [0.1, 0.15) is 0 Å². The van der Waals surface area contributed by atoms with E-state index >= 15 is 0 Å². The third kappa shape index (κ3) is 2.65. The first kappa shape index (κ1) is 13.3. The van der Waals surface area contributed by atoms with Gasteiger partial charge in [0.25, 0.3) is 5.91 Å². The molecule has 0 unspecified atom stereocenters. The lowest BCUT2D eigenvalue weighted by molar-refractivity contribution is 0.0921. The van der Waals surface area contributed by atoms with E-state index < -0.39 is 5.54 Å². The Kier molecular flexibility index (Phi) is 3.88. The maximum absolute atomic E-state index is 12.1. The fourth-order valence-corrected chi connectivity index (χ4v) is 1.91. The summed E-state index contributed by atoms with van der Waals surface area (Å²) in [4.78, 5) is 12.1. The molecule has 0 aromatic heterocycles. The van der Waals surface area contributed by atoms with Crippen molar-refractivity contribution in [1.82, 2.24) is 5.32 Å². The molecule has 1 aliphatic heterocycles. The van der Waals surface area contributed by atoms with E-state index in [1.54, 1.807) is 25.1 Å². The van der Waals surface area contributed by atoms with Crippen molar-refractivity contribution in [1.29, 1.82) is 0 Å². The van der Waals surface area contributed by atoms with Crippen LogP contribution in [0.1, 0.15) is 17.3 Å². The molecule has 98 valence electrons. The van der Waals surface area contributed by atoms with Crippen LogP contribution in [0.5, 0.6) is 11.5 Å². The van der Waals surface area contributed by atoms with Crippen LogP contribution in [-0.2, 0) is 0 Å². The summed E-state index contributed by atoms with van der Waals surface area (Å²) in [6.45, 7) is 1.97. The number of amides is 1. The van der Waals surface area contributed by atoms with E-state index in [2.05, 4.69) is 5.32 Å². The van der Waals surface area contributed by atoms with Gasteiger partial charge in [-0.05, 0) is 25.1 Å². The zero-order chi connectivity index (χ0) is 13.2. The molecule has 1 amide bonds. The highest BCUT2D eigenvalue weighted by Gasteiger charge is 2.25. The maximum atomic E-state index is 12.1. The number of halogens is 2. The molecule has 6 heteroatoms. The van der Waals surface area contributed by atoms with Crippen molar-refractivity contribution in [2.24, 2.45) is 0 Å². The highest BCUT2D eigenvalue weighted by molar-refractivity contribution is 6.22. The molecule has 2 rings (SSSR count). The average Bonchev–Trinajstić information content (AvgIpc) is 2.85. The molecule has 1 N–H and O–H groups in total. The lowest BCUT2D eigenvalue weighted by atomic mass is 10.1. The van der Waals surface area contributed by atoms with Crippen molar-refractivity contribution in [3.05, 3.63) is 23.8 Å². The second-order valence-electron chi connectivity index (χ2n) is 4.35. The van der Waals surface area contributed by atoms with Gasteiger partial charge in [0, 0.05) is 17.3 Å². The number of hydrogen-bond donors (Lipinski definition) is 1. The third-order valence-corrected chi connectivity index (χ3v) is 3.82. The standard InChI is InChI=1S/C12H13Cl2NO3/c1-12(5-13,6-14)15-11(16)8-2-3-9-10(4-8)18-7-17-9/h2-4H,5-7H2,1H3,(H,15,16). The van der Waals surface area contributed by atoms with Gasteiger partial charge in [-0.1, -0.05) is 0 Å². The highest BCUT2D eigenvalue weighted by atomic mass is 35.5. The van der Waals surface area contributed by atoms with Gasteiger partial charge in [-0.3, -0.25) is 4.79 Å². The Balaban J connectivity index is 2.14. The van der Waals surface area contributed by atoms with Crippen LogP contribution in [0.4, 0.5) is 0 Å². The molecule has 4 nitrogen and oxygen atoms in total. The Hall–Kier alpha value is -1.13. The first-order chi connectivity index (χ1) is 8.58. The van der Waals surface area contributed by atoms with Crippen molar-refractivity contribution in [2.75, 3.05) is 18.6 Å². The molecule has 0 fully saturated rings. The fourth-order valence-electron chi connectivity index (χ4n) is 1.49. The lowest BCUT2D eigenvalue weighted by Gasteiger charge is -2.25. The van der Waals surface area contributed by atoms with Crippen LogP contribution in [0.25, 0.3) is 0 Å². The summed E-state index contributed by atoms with van der Waals surface area (Å²) in [5.41, 5.74) is -0.142. The van der Waals surface area contributed by atoms with Gasteiger partial charge in [0.15, 0.2) is 11.5 Å². The normalized spacial score (nSPS) is 13.5. The highest BCUT2D eigenvalue weighted by Crippen LogP contribution is 2.32. The van der Waals surface area contributed by atoms with Crippen molar-refractivity contribution < 1.29 is 14.3 Å². The molecule has 0 saturated carbocycles. The van der Waals surface area contributed by atoms with Gasteiger partial charge < -0.3 is 14.8 Å². The number of hydrogen-bond acceptors (Lipinski definition) is 3. The van der Waals surface area contributed by atoms with Gasteiger partial charge in [-0.2, -0.15) is 0 Å². The summed E-state index contributed by atoms with van der Waals surface area (Å²) < 4.78 is 10.4. The quantitative estimate of drug-likeness (QED) is 0.866. The second kappa shape index (κ2) is 5.24. The number of ether oxygens (including phenoxy) is 2. The molecule has 1 aromatic carbocycles. The first-order valence-electron chi connectivity index (χ1n) is 5.42. The Labute approximate surface area is 115 Å². The van der Waals surface area contributed by atoms with E-state index in [1.165, 1.54) is 0 Å². The van der Waals surface area contributed by atoms with Crippen molar-refractivity contribution in [3.8, 4) is 11.5 Å². The van der Waals surface area contributed by atoms with E-state index in [9.17, 15) is 4.79 Å². The van der Waals surface area contributed by atoms with Crippen LogP contribution in [0, 0.1) is 0 Å². The number of carbonyl (C=O) groups excluding carboxylic acids is 1. The Morgan fingerprint density at radius 1 is 1.33 bits per heavy atom. The van der Waals surface area contributed by atoms with Crippen molar-refractivity contribution >= 4 is 29.1 Å². The molecule has 0 spiro atoms. The zero-order valence-electron chi connectivity index (χ0n) is 9.83. The summed E-state index contributed by atoms with van der Waals surface area (Å²) >= 11 is 11.6. The fraction of sp³-hybridized carbons (Fsp3) is 0.417. The monoisotopic (exact) mass is 289 g/mol. The van der Waals surface area contributed by atoms with Gasteiger partial charge in [-0.25, -0.2) is 0 Å². The molecule has 0 atom stereocenters. The summed E-state index contributed by atoms with van der Waals surface area (Å²) in [6.07, 6.45) is 0. The van der Waals surface area contributed by atoms with Gasteiger partial charge >= 0.3 is 0 Å². The molecule has 0 aliphatic carbocycles. The van der Waals surface area contributed by atoms with Crippen LogP contribution >= 0.6 is 23.2 Å². The minimum atomic E-state index is -0.628. The Bertz CT molecular complexity index is 461. The van der Waals surface area contributed by atoms with Crippen molar-refractivity contribution in [2.45, 2.75) is 12.5 Å². The van der Waals surface area contributed by atoms with Crippen LogP contribution in [0.3, 0.4) is 0 Å². The molecule has 0 saturated heterocycles. The molecular weight excluding hydrogens is 277 g/mol. The Morgan fingerprint density at radius 2 is 2.00 bits per heavy atom. The van der Waals surface area contributed by atoms with E-state index in [0.29, 0.717) is 17.1 Å². The molecule has 1 aromatic rings. The number of fused-ring (bicyclic) bond motifs is 1. The minimum Gasteiger partial charge on any atom is -0.454 e. The van der Waals surface area contributed by atoms with E-state index in [1.807, 2.05) is 0 Å². The average molecular weight is 290 g/mol. The summed E-state index contributed by atoms with van der Waals surface area (Å²) in [5.74, 6) is 1.46. The predicted molar refractivity (Wildman–Crippen MR) is 69.9 cm³/mol. The second-order valence-corrected chi connectivity index (χ2v) is 4.88. The number of benzene rings is 1. The van der Waals surface area contributed by atoms with Gasteiger partial charge in [-0.15, -0.1) is 23.2 Å².